The third-order valence-corrected chi connectivity index (χ3v) is 6.20. The number of anilines is 3. The summed E-state index contributed by atoms with van der Waals surface area (Å²) in [5.74, 6) is -12.1. The van der Waals surface area contributed by atoms with E-state index < -0.39 is 64.2 Å². The first-order valence-electron chi connectivity index (χ1n) is 11.3. The lowest BCUT2D eigenvalue weighted by molar-refractivity contribution is -0.124. The summed E-state index contributed by atoms with van der Waals surface area (Å²) in [4.78, 5) is 27.2. The van der Waals surface area contributed by atoms with E-state index in [0.717, 1.165) is 4.90 Å². The second-order valence-corrected chi connectivity index (χ2v) is 8.89. The molecule has 1 atom stereocenters. The van der Waals surface area contributed by atoms with Crippen LogP contribution >= 0.6 is 23.8 Å². The Kier molecular flexibility index (Phi) is 8.21. The highest BCUT2D eigenvalue weighted by Crippen LogP contribution is 2.33. The van der Waals surface area contributed by atoms with Crippen LogP contribution in [0.3, 0.4) is 0 Å². The number of carbonyl (C=O) groups excluding carboxylic acids is 2. The number of nitrogens with one attached hydrogen (secondary N) is 2. The number of ether oxygens (including phenoxy) is 1. The van der Waals surface area contributed by atoms with Crippen molar-refractivity contribution in [1.82, 2.24) is 5.01 Å². The van der Waals surface area contributed by atoms with Gasteiger partial charge < -0.3 is 10.1 Å². The maximum Gasteiger partial charge on any atom is 0.258 e. The Morgan fingerprint density at radius 2 is 1.51 bits per heavy atom. The minimum absolute atomic E-state index is 0.207. The lowest BCUT2D eigenvalue weighted by Gasteiger charge is -2.26. The third kappa shape index (κ3) is 5.59. The van der Waals surface area contributed by atoms with Gasteiger partial charge in [-0.2, -0.15) is 0 Å². The Morgan fingerprint density at radius 1 is 0.949 bits per heavy atom. The number of hydrazine groups is 1. The highest BCUT2D eigenvalue weighted by molar-refractivity contribution is 7.80. The fraction of sp³-hybridized carbons (Fsp3) is 0.160. The molecule has 0 saturated carbocycles. The number of hydrogen-bond acceptors (Lipinski definition) is 5. The molecule has 0 aromatic heterocycles. The van der Waals surface area contributed by atoms with Crippen molar-refractivity contribution in [3.8, 4) is 5.75 Å². The second kappa shape index (κ2) is 11.4. The van der Waals surface area contributed by atoms with Crippen molar-refractivity contribution in [3.63, 3.8) is 0 Å². The Morgan fingerprint density at radius 3 is 2.08 bits per heavy atom. The van der Waals surface area contributed by atoms with Gasteiger partial charge in [0.2, 0.25) is 16.8 Å². The van der Waals surface area contributed by atoms with Crippen molar-refractivity contribution >= 4 is 57.8 Å². The molecule has 2 N–H and O–H groups in total. The van der Waals surface area contributed by atoms with Crippen LogP contribution in [0.2, 0.25) is 5.02 Å². The van der Waals surface area contributed by atoms with Gasteiger partial charge in [0.05, 0.1) is 18.7 Å². The molecule has 0 spiro atoms. The van der Waals surface area contributed by atoms with E-state index in [2.05, 4.69) is 5.32 Å². The Labute approximate surface area is 229 Å². The highest BCUT2D eigenvalue weighted by Gasteiger charge is 2.45. The summed E-state index contributed by atoms with van der Waals surface area (Å²) in [5.41, 5.74) is 1.13. The summed E-state index contributed by atoms with van der Waals surface area (Å²) in [6.07, 6.45) is -0.614. The quantitative estimate of drug-likeness (QED) is 0.151. The zero-order valence-electron chi connectivity index (χ0n) is 19.9. The van der Waals surface area contributed by atoms with Gasteiger partial charge >= 0.3 is 0 Å². The van der Waals surface area contributed by atoms with Gasteiger partial charge in [-0.15, -0.1) is 0 Å². The molecule has 14 heteroatoms. The molecule has 1 aliphatic rings. The Hall–Kier alpha value is -3.97. The molecule has 0 unspecified atom stereocenters. The standard InChI is InChI=1S/C25H18ClF5N4O3S/c1-2-38-15-9-7-14(8-10-15)34-24(37)16(11-17(36)32-13-5-3-12(26)4-6-13)35(25(34)39)33-23-21(30)19(28)18(27)20(29)22(23)31/h3-10,16,33H,2,11H2,1H3,(H,32,36)/t16-/m0/s1. The molecule has 3 aromatic rings. The van der Waals surface area contributed by atoms with Crippen LogP contribution in [0.5, 0.6) is 5.75 Å². The molecule has 204 valence electrons. The topological polar surface area (TPSA) is 73.9 Å². The molecule has 1 fully saturated rings. The van der Waals surface area contributed by atoms with Crippen LogP contribution in [0.15, 0.2) is 48.5 Å². The van der Waals surface area contributed by atoms with Crippen LogP contribution < -0.4 is 20.4 Å². The summed E-state index contributed by atoms with van der Waals surface area (Å²) >= 11 is 11.2. The van der Waals surface area contributed by atoms with Gasteiger partial charge in [-0.05, 0) is 67.7 Å². The van der Waals surface area contributed by atoms with Gasteiger partial charge in [-0.25, -0.2) is 27.0 Å². The molecule has 1 aliphatic heterocycles. The van der Waals surface area contributed by atoms with Crippen molar-refractivity contribution in [2.45, 2.75) is 19.4 Å². The van der Waals surface area contributed by atoms with Crippen molar-refractivity contribution in [2.24, 2.45) is 0 Å². The lowest BCUT2D eigenvalue weighted by Crippen LogP contribution is -2.42. The first-order valence-corrected chi connectivity index (χ1v) is 12.1. The summed E-state index contributed by atoms with van der Waals surface area (Å²) in [7, 11) is 0. The van der Waals surface area contributed by atoms with Crippen LogP contribution in [-0.4, -0.2) is 34.6 Å². The second-order valence-electron chi connectivity index (χ2n) is 8.08. The molecule has 2 amide bonds. The first-order chi connectivity index (χ1) is 18.5. The molecule has 0 bridgehead atoms. The number of nitrogens with zero attached hydrogens (tertiary/aromatic N) is 2. The average molecular weight is 585 g/mol. The number of thiocarbonyl (C=S) groups is 1. The number of amides is 2. The zero-order valence-corrected chi connectivity index (χ0v) is 21.5. The molecule has 3 aromatic carbocycles. The van der Waals surface area contributed by atoms with Crippen LogP contribution in [0, 0.1) is 29.1 Å². The van der Waals surface area contributed by atoms with Crippen molar-refractivity contribution < 1.29 is 36.3 Å². The highest BCUT2D eigenvalue weighted by atomic mass is 35.5. The largest absolute Gasteiger partial charge is 0.494 e. The maximum absolute atomic E-state index is 14.5. The van der Waals surface area contributed by atoms with Crippen molar-refractivity contribution in [2.75, 3.05) is 22.2 Å². The lowest BCUT2D eigenvalue weighted by atomic mass is 10.1. The van der Waals surface area contributed by atoms with E-state index in [1.165, 1.54) is 48.5 Å². The number of benzene rings is 3. The monoisotopic (exact) mass is 584 g/mol. The van der Waals surface area contributed by atoms with Gasteiger partial charge in [0.15, 0.2) is 23.3 Å². The summed E-state index contributed by atoms with van der Waals surface area (Å²) < 4.78 is 75.6. The van der Waals surface area contributed by atoms with Gasteiger partial charge in [-0.3, -0.25) is 19.9 Å². The summed E-state index contributed by atoms with van der Waals surface area (Å²) in [5, 5.41) is 3.25. The molecule has 39 heavy (non-hydrogen) atoms. The van der Waals surface area contributed by atoms with Crippen LogP contribution in [0.25, 0.3) is 0 Å². The third-order valence-electron chi connectivity index (χ3n) is 5.57. The fourth-order valence-electron chi connectivity index (χ4n) is 3.74. The molecule has 1 saturated heterocycles. The molecular formula is C25H18ClF5N4O3S. The van der Waals surface area contributed by atoms with E-state index in [4.69, 9.17) is 28.6 Å². The average Bonchev–Trinajstić information content (AvgIpc) is 3.14. The molecule has 4 rings (SSSR count). The molecule has 1 heterocycles. The van der Waals surface area contributed by atoms with Crippen molar-refractivity contribution in [3.05, 3.63) is 82.6 Å². The zero-order chi connectivity index (χ0) is 28.4. The molecular weight excluding hydrogens is 567 g/mol. The summed E-state index contributed by atoms with van der Waals surface area (Å²) in [6, 6.07) is 10.5. The Bertz CT molecular complexity index is 1410. The minimum Gasteiger partial charge on any atom is -0.494 e. The van der Waals surface area contributed by atoms with Crippen LogP contribution in [0.1, 0.15) is 13.3 Å². The van der Waals surface area contributed by atoms with Gasteiger partial charge in [0.25, 0.3) is 5.91 Å². The number of rotatable bonds is 8. The van der Waals surface area contributed by atoms with Crippen molar-refractivity contribution in [1.29, 1.82) is 0 Å². The van der Waals surface area contributed by atoms with E-state index in [9.17, 15) is 31.5 Å². The Balaban J connectivity index is 1.69. The van der Waals surface area contributed by atoms with E-state index >= 15 is 0 Å². The van der Waals surface area contributed by atoms with E-state index in [0.29, 0.717) is 28.1 Å². The number of halogens is 6. The van der Waals surface area contributed by atoms with E-state index in [1.807, 2.05) is 5.43 Å². The van der Waals surface area contributed by atoms with Gasteiger partial charge in [-0.1, -0.05) is 11.6 Å². The van der Waals surface area contributed by atoms with Gasteiger partial charge in [0.1, 0.15) is 17.5 Å². The van der Waals surface area contributed by atoms with Crippen LogP contribution in [0.4, 0.5) is 39.0 Å². The van der Waals surface area contributed by atoms with E-state index in [-0.39, 0.29) is 5.69 Å². The predicted molar refractivity (Wildman–Crippen MR) is 138 cm³/mol. The van der Waals surface area contributed by atoms with E-state index in [1.54, 1.807) is 6.92 Å². The molecule has 0 radical (unpaired) electrons. The minimum atomic E-state index is -2.36. The fourth-order valence-corrected chi connectivity index (χ4v) is 4.23. The molecule has 7 nitrogen and oxygen atoms in total. The predicted octanol–water partition coefficient (Wildman–Crippen LogP) is 5.79. The SMILES string of the molecule is CCOc1ccc(N2C(=O)[C@H](CC(=O)Nc3ccc(Cl)cc3)N(Nc3c(F)c(F)c(F)c(F)c3F)C2=S)cc1. The first kappa shape index (κ1) is 28.0. The van der Waals surface area contributed by atoms with Crippen LogP contribution in [-0.2, 0) is 9.59 Å². The number of hydrogen-bond donors (Lipinski definition) is 2. The van der Waals surface area contributed by atoms with Gasteiger partial charge in [0, 0.05) is 10.7 Å². The normalized spacial score (nSPS) is 15.1. The smallest absolute Gasteiger partial charge is 0.258 e. The maximum atomic E-state index is 14.5. The number of carbonyl (C=O) groups is 2. The summed E-state index contributed by atoms with van der Waals surface area (Å²) in [6.45, 7) is 2.15. The molecule has 0 aliphatic carbocycles.